The van der Waals surface area contributed by atoms with Crippen molar-refractivity contribution in [2.75, 3.05) is 19.1 Å². The molecule has 0 amide bonds. The number of hydrogen-bond donors (Lipinski definition) is 1. The van der Waals surface area contributed by atoms with Gasteiger partial charge in [0.25, 0.3) is 0 Å². The minimum atomic E-state index is -1.47. The molecule has 0 aliphatic carbocycles. The number of aromatic nitrogens is 2. The molecule has 0 bridgehead atoms. The van der Waals surface area contributed by atoms with Crippen molar-refractivity contribution in [3.63, 3.8) is 0 Å². The van der Waals surface area contributed by atoms with Crippen molar-refractivity contribution in [2.45, 2.75) is 57.9 Å². The Hall–Kier alpha value is -3.75. The third-order valence-electron chi connectivity index (χ3n) is 7.47. The van der Waals surface area contributed by atoms with Crippen molar-refractivity contribution in [2.24, 2.45) is 5.14 Å². The number of nitrogens with two attached hydrogens (primary N) is 1. The minimum absolute atomic E-state index is 0.0326. The lowest BCUT2D eigenvalue weighted by Gasteiger charge is -2.28. The van der Waals surface area contributed by atoms with Gasteiger partial charge in [0, 0.05) is 18.7 Å². The van der Waals surface area contributed by atoms with Gasteiger partial charge in [-0.3, -0.25) is 5.14 Å². The summed E-state index contributed by atoms with van der Waals surface area (Å²) in [6.07, 6.45) is 0.636. The summed E-state index contributed by atoms with van der Waals surface area (Å²) in [6.45, 7) is 9.37. The van der Waals surface area contributed by atoms with Gasteiger partial charge in [-0.15, -0.1) is 10.2 Å². The predicted octanol–water partition coefficient (Wildman–Crippen LogP) is 6.57. The average Bonchev–Trinajstić information content (AvgIpc) is 2.97. The number of rotatable bonds is 12. The fourth-order valence-electron chi connectivity index (χ4n) is 5.02. The molecule has 4 aromatic rings. The van der Waals surface area contributed by atoms with E-state index < -0.39 is 15.7 Å². The van der Waals surface area contributed by atoms with Crippen molar-refractivity contribution in [1.29, 1.82) is 0 Å². The van der Waals surface area contributed by atoms with Gasteiger partial charge in [0.15, 0.2) is 5.82 Å². The highest BCUT2D eigenvalue weighted by molar-refractivity contribution is 7.84. The Balaban J connectivity index is 1.79. The molecule has 2 N–H and O–H groups in total. The van der Waals surface area contributed by atoms with Crippen molar-refractivity contribution >= 4 is 16.8 Å². The molecule has 0 aliphatic rings. The van der Waals surface area contributed by atoms with E-state index in [9.17, 15) is 4.21 Å². The van der Waals surface area contributed by atoms with Crippen molar-refractivity contribution < 1.29 is 13.7 Å². The first-order chi connectivity index (χ1) is 19.6. The van der Waals surface area contributed by atoms with E-state index in [1.165, 1.54) is 0 Å². The summed E-state index contributed by atoms with van der Waals surface area (Å²) in [6, 6.07) is 26.5. The fourth-order valence-corrected chi connectivity index (χ4v) is 5.44. The summed E-state index contributed by atoms with van der Waals surface area (Å²) in [5.74, 6) is 2.43. The number of methoxy groups -OCH3 is 2. The summed E-state index contributed by atoms with van der Waals surface area (Å²) < 4.78 is 22.5. The zero-order chi connectivity index (χ0) is 29.6. The number of anilines is 1. The van der Waals surface area contributed by atoms with Gasteiger partial charge >= 0.3 is 0 Å². The van der Waals surface area contributed by atoms with Crippen LogP contribution in [-0.4, -0.2) is 33.4 Å². The molecule has 0 spiro atoms. The molecule has 41 heavy (non-hydrogen) atoms. The van der Waals surface area contributed by atoms with Crippen LogP contribution in [0.1, 0.15) is 55.4 Å². The number of nitrogens with zero attached hydrogens (tertiary/aromatic N) is 3. The average molecular weight is 573 g/mol. The molecule has 2 atom stereocenters. The highest BCUT2D eigenvalue weighted by Gasteiger charge is 2.29. The lowest BCUT2D eigenvalue weighted by Crippen LogP contribution is -2.33. The summed E-state index contributed by atoms with van der Waals surface area (Å²) in [7, 11) is 1.87. The van der Waals surface area contributed by atoms with E-state index in [1.807, 2.05) is 50.2 Å². The Morgan fingerprint density at radius 3 is 1.90 bits per heavy atom. The van der Waals surface area contributed by atoms with E-state index >= 15 is 0 Å². The molecule has 4 rings (SSSR count). The molecule has 0 radical (unpaired) electrons. The summed E-state index contributed by atoms with van der Waals surface area (Å²) in [4.78, 5) is 2.22. The van der Waals surface area contributed by atoms with E-state index in [1.54, 1.807) is 14.2 Å². The zero-order valence-corrected chi connectivity index (χ0v) is 25.6. The van der Waals surface area contributed by atoms with Crippen molar-refractivity contribution in [3.8, 4) is 22.8 Å². The van der Waals surface area contributed by atoms with Gasteiger partial charge in [-0.25, -0.2) is 4.21 Å². The maximum Gasteiger partial charge on any atom is 0.152 e. The highest BCUT2D eigenvalue weighted by Crippen LogP contribution is 2.36. The second kappa shape index (κ2) is 13.3. The molecule has 3 aromatic carbocycles. The minimum Gasteiger partial charge on any atom is -0.497 e. The normalized spacial score (nSPS) is 13.0. The Labute approximate surface area is 246 Å². The van der Waals surface area contributed by atoms with Crippen LogP contribution in [0.15, 0.2) is 78.9 Å². The number of aryl methyl sites for hydroxylation is 1. The smallest absolute Gasteiger partial charge is 0.152 e. The molecule has 0 saturated carbocycles. The van der Waals surface area contributed by atoms with Gasteiger partial charge in [-0.05, 0) is 85.7 Å². The Bertz CT molecular complexity index is 1420. The molecular formula is C33H40N4O3S. The molecule has 0 aliphatic heterocycles. The molecule has 1 heterocycles. The lowest BCUT2D eigenvalue weighted by atomic mass is 9.88. The van der Waals surface area contributed by atoms with Crippen LogP contribution in [0.2, 0.25) is 0 Å². The first-order valence-electron chi connectivity index (χ1n) is 13.7. The Kier molecular flexibility index (Phi) is 9.78. The highest BCUT2D eigenvalue weighted by atomic mass is 32.2. The first kappa shape index (κ1) is 30.2. The monoisotopic (exact) mass is 572 g/mol. The molecule has 0 fully saturated rings. The predicted molar refractivity (Wildman–Crippen MR) is 168 cm³/mol. The second-order valence-corrected chi connectivity index (χ2v) is 12.7. The van der Waals surface area contributed by atoms with Gasteiger partial charge < -0.3 is 14.4 Å². The maximum atomic E-state index is 12.3. The van der Waals surface area contributed by atoms with Crippen LogP contribution in [0.4, 0.5) is 5.82 Å². The number of hydrogen-bond acceptors (Lipinski definition) is 6. The van der Waals surface area contributed by atoms with Crippen molar-refractivity contribution in [3.05, 3.63) is 101 Å². The topological polar surface area (TPSA) is 90.6 Å². The standard InChI is InChI=1S/C33H40N4O3S/c1-23-9-7-8-10-29(23)32-30(24(2)20-33(3,4)41(34)38)19-31(35-36-32)37(21-25-11-15-27(39-5)16-12-25)22-26-13-17-28(40-6)18-14-26/h7-19,24H,20-22,34H2,1-6H3/t24-,41?/m0/s1. The SMILES string of the molecule is COc1ccc(CN(Cc2ccc(OC)cc2)c2cc([C@@H](C)CC(C)(C)S(N)=O)c(-c3ccccc3C)nn2)cc1. The van der Waals surface area contributed by atoms with Crippen LogP contribution in [0, 0.1) is 6.92 Å². The summed E-state index contributed by atoms with van der Waals surface area (Å²) in [5, 5.41) is 15.5. The number of ether oxygens (including phenoxy) is 2. The molecule has 216 valence electrons. The molecule has 7 nitrogen and oxygen atoms in total. The van der Waals surface area contributed by atoms with Gasteiger partial charge in [0.2, 0.25) is 0 Å². The van der Waals surface area contributed by atoms with E-state index in [-0.39, 0.29) is 5.92 Å². The quantitative estimate of drug-likeness (QED) is 0.206. The van der Waals surface area contributed by atoms with Crippen LogP contribution < -0.4 is 19.5 Å². The fraction of sp³-hybridized carbons (Fsp3) is 0.333. The van der Waals surface area contributed by atoms with Crippen LogP contribution in [0.3, 0.4) is 0 Å². The number of benzene rings is 3. The first-order valence-corrected chi connectivity index (χ1v) is 14.9. The zero-order valence-electron chi connectivity index (χ0n) is 24.8. The summed E-state index contributed by atoms with van der Waals surface area (Å²) in [5.41, 5.74) is 6.30. The lowest BCUT2D eigenvalue weighted by molar-refractivity contribution is 0.414. The Morgan fingerprint density at radius 1 is 0.878 bits per heavy atom. The third kappa shape index (κ3) is 7.51. The molecule has 1 aromatic heterocycles. The summed E-state index contributed by atoms with van der Waals surface area (Å²) >= 11 is 0. The van der Waals surface area contributed by atoms with Gasteiger partial charge in [-0.2, -0.15) is 0 Å². The Morgan fingerprint density at radius 2 is 1.41 bits per heavy atom. The maximum absolute atomic E-state index is 12.3. The van der Waals surface area contributed by atoms with E-state index in [0.717, 1.165) is 50.8 Å². The third-order valence-corrected chi connectivity index (χ3v) is 8.73. The van der Waals surface area contributed by atoms with Crippen molar-refractivity contribution in [1.82, 2.24) is 10.2 Å². The van der Waals surface area contributed by atoms with E-state index in [0.29, 0.717) is 19.5 Å². The van der Waals surface area contributed by atoms with Gasteiger partial charge in [-0.1, -0.05) is 55.5 Å². The van der Waals surface area contributed by atoms with Crippen LogP contribution >= 0.6 is 0 Å². The van der Waals surface area contributed by atoms with Gasteiger partial charge in [0.05, 0.1) is 35.6 Å². The van der Waals surface area contributed by atoms with Crippen LogP contribution in [0.25, 0.3) is 11.3 Å². The molecule has 0 saturated heterocycles. The largest absolute Gasteiger partial charge is 0.497 e. The van der Waals surface area contributed by atoms with E-state index in [4.69, 9.17) is 24.8 Å². The molecule has 1 unspecified atom stereocenters. The molecular weight excluding hydrogens is 532 g/mol. The van der Waals surface area contributed by atoms with E-state index in [2.05, 4.69) is 61.2 Å². The van der Waals surface area contributed by atoms with Crippen LogP contribution in [0.5, 0.6) is 11.5 Å². The second-order valence-electron chi connectivity index (χ2n) is 11.0. The van der Waals surface area contributed by atoms with Gasteiger partial charge in [0.1, 0.15) is 11.5 Å². The van der Waals surface area contributed by atoms with Crippen LogP contribution in [-0.2, 0) is 24.1 Å². The molecule has 8 heteroatoms.